The van der Waals surface area contributed by atoms with Crippen molar-refractivity contribution in [3.63, 3.8) is 0 Å². The molecule has 0 radical (unpaired) electrons. The molecular formula is C9H19N3O4. The molecule has 0 aliphatic carbocycles. The number of carbonyl (C=O) groups is 2. The molecule has 0 aromatic carbocycles. The Kier molecular flexibility index (Phi) is 7.44. The fourth-order valence-electron chi connectivity index (χ4n) is 1.10. The summed E-state index contributed by atoms with van der Waals surface area (Å²) in [5.41, 5.74) is 10.8. The number of aliphatic hydroxyl groups excluding tert-OH is 1. The second-order valence-electron chi connectivity index (χ2n) is 3.47. The molecular weight excluding hydrogens is 214 g/mol. The van der Waals surface area contributed by atoms with Gasteiger partial charge in [-0.05, 0) is 19.4 Å². The standard InChI is InChI=1S/C9H19N3O4/c10-4-2-1-3-6(11)8(14)12-7(5-13)9(15)16/h6-7,13H,1-5,10-11H2,(H,12,14)(H,15,16)/t6-,7-/m0/s1. The highest BCUT2D eigenvalue weighted by molar-refractivity contribution is 5.86. The first-order chi connectivity index (χ1) is 7.52. The molecule has 0 aliphatic rings. The number of hydrogen-bond acceptors (Lipinski definition) is 5. The summed E-state index contributed by atoms with van der Waals surface area (Å²) in [5, 5.41) is 19.4. The van der Waals surface area contributed by atoms with E-state index in [0.29, 0.717) is 19.4 Å². The van der Waals surface area contributed by atoms with Gasteiger partial charge in [-0.1, -0.05) is 6.42 Å². The molecule has 0 fully saturated rings. The Hall–Kier alpha value is -1.18. The summed E-state index contributed by atoms with van der Waals surface area (Å²) in [6.45, 7) is -0.126. The zero-order valence-electron chi connectivity index (χ0n) is 9.06. The van der Waals surface area contributed by atoms with Crippen LogP contribution in [0.1, 0.15) is 19.3 Å². The first-order valence-corrected chi connectivity index (χ1v) is 5.12. The van der Waals surface area contributed by atoms with Crippen molar-refractivity contribution in [1.29, 1.82) is 0 Å². The fourth-order valence-corrected chi connectivity index (χ4v) is 1.10. The maximum absolute atomic E-state index is 11.4. The first-order valence-electron chi connectivity index (χ1n) is 5.12. The summed E-state index contributed by atoms with van der Waals surface area (Å²) in [5.74, 6) is -1.86. The monoisotopic (exact) mass is 233 g/mol. The molecule has 0 heterocycles. The number of aliphatic carboxylic acids is 1. The average Bonchev–Trinajstić information content (AvgIpc) is 2.25. The smallest absolute Gasteiger partial charge is 0.328 e. The van der Waals surface area contributed by atoms with Crippen LogP contribution >= 0.6 is 0 Å². The first kappa shape index (κ1) is 14.8. The molecule has 16 heavy (non-hydrogen) atoms. The number of rotatable bonds is 8. The number of nitrogens with one attached hydrogen (secondary N) is 1. The molecule has 7 heteroatoms. The van der Waals surface area contributed by atoms with E-state index in [-0.39, 0.29) is 0 Å². The van der Waals surface area contributed by atoms with Gasteiger partial charge in [0.1, 0.15) is 6.04 Å². The average molecular weight is 233 g/mol. The van der Waals surface area contributed by atoms with Crippen molar-refractivity contribution in [2.75, 3.05) is 13.2 Å². The number of hydrogen-bond donors (Lipinski definition) is 5. The highest BCUT2D eigenvalue weighted by Gasteiger charge is 2.21. The molecule has 0 bridgehead atoms. The third kappa shape index (κ3) is 5.64. The third-order valence-electron chi connectivity index (χ3n) is 2.10. The van der Waals surface area contributed by atoms with Crippen molar-refractivity contribution >= 4 is 11.9 Å². The molecule has 0 aromatic rings. The highest BCUT2D eigenvalue weighted by Crippen LogP contribution is 1.98. The molecule has 0 saturated carbocycles. The van der Waals surface area contributed by atoms with Gasteiger partial charge in [0, 0.05) is 0 Å². The van der Waals surface area contributed by atoms with Crippen LogP contribution < -0.4 is 16.8 Å². The lowest BCUT2D eigenvalue weighted by molar-refractivity contribution is -0.143. The van der Waals surface area contributed by atoms with Crippen molar-refractivity contribution in [3.05, 3.63) is 0 Å². The van der Waals surface area contributed by atoms with Crippen LogP contribution in [0.3, 0.4) is 0 Å². The topological polar surface area (TPSA) is 139 Å². The van der Waals surface area contributed by atoms with Gasteiger partial charge in [-0.3, -0.25) is 4.79 Å². The molecule has 0 unspecified atom stereocenters. The van der Waals surface area contributed by atoms with Gasteiger partial charge in [-0.25, -0.2) is 4.79 Å². The number of carboxylic acids is 1. The lowest BCUT2D eigenvalue weighted by Crippen LogP contribution is -2.49. The molecule has 0 spiro atoms. The number of carboxylic acid groups (broad SMARTS) is 1. The van der Waals surface area contributed by atoms with E-state index in [1.807, 2.05) is 0 Å². The Morgan fingerprint density at radius 2 is 1.94 bits per heavy atom. The predicted molar refractivity (Wildman–Crippen MR) is 57.5 cm³/mol. The van der Waals surface area contributed by atoms with Crippen LogP contribution in [0.25, 0.3) is 0 Å². The zero-order valence-corrected chi connectivity index (χ0v) is 9.06. The Balaban J connectivity index is 3.98. The highest BCUT2D eigenvalue weighted by atomic mass is 16.4. The largest absolute Gasteiger partial charge is 0.480 e. The van der Waals surface area contributed by atoms with Gasteiger partial charge in [-0.2, -0.15) is 0 Å². The molecule has 0 aromatic heterocycles. The van der Waals surface area contributed by atoms with Gasteiger partial charge in [-0.15, -0.1) is 0 Å². The van der Waals surface area contributed by atoms with Crippen LogP contribution in [0.15, 0.2) is 0 Å². The van der Waals surface area contributed by atoms with E-state index < -0.39 is 30.6 Å². The minimum atomic E-state index is -1.30. The molecule has 7 nitrogen and oxygen atoms in total. The Bertz CT molecular complexity index is 235. The second-order valence-corrected chi connectivity index (χ2v) is 3.47. The number of nitrogens with two attached hydrogens (primary N) is 2. The van der Waals surface area contributed by atoms with Gasteiger partial charge in [0.2, 0.25) is 5.91 Å². The Labute approximate surface area is 93.8 Å². The van der Waals surface area contributed by atoms with Gasteiger partial charge >= 0.3 is 5.97 Å². The molecule has 0 aliphatic heterocycles. The third-order valence-corrected chi connectivity index (χ3v) is 2.10. The summed E-state index contributed by atoms with van der Waals surface area (Å²) in [7, 11) is 0. The van der Waals surface area contributed by atoms with Crippen LogP contribution in [0, 0.1) is 0 Å². The van der Waals surface area contributed by atoms with E-state index in [1.165, 1.54) is 0 Å². The van der Waals surface area contributed by atoms with E-state index in [0.717, 1.165) is 6.42 Å². The minimum Gasteiger partial charge on any atom is -0.480 e. The van der Waals surface area contributed by atoms with Crippen molar-refractivity contribution in [2.24, 2.45) is 11.5 Å². The maximum Gasteiger partial charge on any atom is 0.328 e. The number of amides is 1. The second kappa shape index (κ2) is 8.03. The molecule has 1 amide bonds. The maximum atomic E-state index is 11.4. The Morgan fingerprint density at radius 1 is 1.31 bits per heavy atom. The summed E-state index contributed by atoms with van der Waals surface area (Å²) >= 11 is 0. The van der Waals surface area contributed by atoms with E-state index in [1.54, 1.807) is 0 Å². The molecule has 7 N–H and O–H groups in total. The van der Waals surface area contributed by atoms with Crippen molar-refractivity contribution < 1.29 is 19.8 Å². The van der Waals surface area contributed by atoms with Crippen molar-refractivity contribution in [2.45, 2.75) is 31.3 Å². The van der Waals surface area contributed by atoms with E-state index in [4.69, 9.17) is 21.7 Å². The number of carbonyl (C=O) groups excluding carboxylic acids is 1. The summed E-state index contributed by atoms with van der Waals surface area (Å²) in [4.78, 5) is 21.9. The van der Waals surface area contributed by atoms with Crippen LogP contribution in [0.4, 0.5) is 0 Å². The predicted octanol–water partition coefficient (Wildman–Crippen LogP) is -2.00. The van der Waals surface area contributed by atoms with Gasteiger partial charge in [0.25, 0.3) is 0 Å². The fraction of sp³-hybridized carbons (Fsp3) is 0.778. The zero-order chi connectivity index (χ0) is 12.6. The van der Waals surface area contributed by atoms with Gasteiger partial charge < -0.3 is 27.0 Å². The Morgan fingerprint density at radius 3 is 2.38 bits per heavy atom. The SMILES string of the molecule is NCCCC[C@H](N)C(=O)N[C@@H](CO)C(=O)O. The van der Waals surface area contributed by atoms with E-state index in [2.05, 4.69) is 5.32 Å². The van der Waals surface area contributed by atoms with Crippen molar-refractivity contribution in [1.82, 2.24) is 5.32 Å². The van der Waals surface area contributed by atoms with Crippen LogP contribution in [-0.2, 0) is 9.59 Å². The molecule has 2 atom stereocenters. The minimum absolute atomic E-state index is 0.445. The summed E-state index contributed by atoms with van der Waals surface area (Å²) in [6, 6.07) is -2.06. The lowest BCUT2D eigenvalue weighted by atomic mass is 10.1. The van der Waals surface area contributed by atoms with Crippen LogP contribution in [0.2, 0.25) is 0 Å². The van der Waals surface area contributed by atoms with Gasteiger partial charge in [0.15, 0.2) is 0 Å². The van der Waals surface area contributed by atoms with Crippen molar-refractivity contribution in [3.8, 4) is 0 Å². The quantitative estimate of drug-likeness (QED) is 0.307. The number of aliphatic hydroxyl groups is 1. The molecule has 94 valence electrons. The van der Waals surface area contributed by atoms with E-state index >= 15 is 0 Å². The lowest BCUT2D eigenvalue weighted by Gasteiger charge is -2.15. The van der Waals surface area contributed by atoms with Gasteiger partial charge in [0.05, 0.1) is 12.6 Å². The normalized spacial score (nSPS) is 14.2. The van der Waals surface area contributed by atoms with Crippen LogP contribution in [0.5, 0.6) is 0 Å². The summed E-state index contributed by atoms with van der Waals surface area (Å²) in [6.07, 6.45) is 1.92. The number of unbranched alkanes of at least 4 members (excludes halogenated alkanes) is 1. The molecule has 0 rings (SSSR count). The molecule has 0 saturated heterocycles. The summed E-state index contributed by atoms with van der Waals surface area (Å²) < 4.78 is 0. The van der Waals surface area contributed by atoms with E-state index in [9.17, 15) is 9.59 Å². The van der Waals surface area contributed by atoms with Crippen LogP contribution in [-0.4, -0.2) is 47.3 Å².